The first-order chi connectivity index (χ1) is 12.1. The Bertz CT molecular complexity index is 836. The van der Waals surface area contributed by atoms with Crippen LogP contribution in [0.2, 0.25) is 5.02 Å². The maximum Gasteiger partial charge on any atom is 0.225 e. The van der Waals surface area contributed by atoms with E-state index >= 15 is 0 Å². The van der Waals surface area contributed by atoms with E-state index in [0.717, 1.165) is 27.7 Å². The third kappa shape index (κ3) is 4.90. The molecule has 0 saturated heterocycles. The van der Waals surface area contributed by atoms with Gasteiger partial charge in [0.25, 0.3) is 0 Å². The molecule has 0 aliphatic rings. The summed E-state index contributed by atoms with van der Waals surface area (Å²) in [5.74, 6) is 1.35. The Morgan fingerprint density at radius 3 is 2.56 bits per heavy atom. The third-order valence-electron chi connectivity index (χ3n) is 3.48. The van der Waals surface area contributed by atoms with Gasteiger partial charge in [0.15, 0.2) is 0 Å². The second kappa shape index (κ2) is 7.94. The molecule has 2 aromatic heterocycles. The molecule has 0 unspecified atom stereocenters. The molecule has 0 aliphatic carbocycles. The molecule has 0 aliphatic heterocycles. The summed E-state index contributed by atoms with van der Waals surface area (Å²) >= 11 is 6.05. The van der Waals surface area contributed by atoms with Gasteiger partial charge in [-0.05, 0) is 43.7 Å². The lowest BCUT2D eigenvalue weighted by Crippen LogP contribution is -2.14. The van der Waals surface area contributed by atoms with Crippen molar-refractivity contribution in [3.05, 3.63) is 65.4 Å². The number of rotatable bonds is 6. The predicted octanol–water partition coefficient (Wildman–Crippen LogP) is 4.62. The number of hydrogen-bond donors (Lipinski definition) is 2. The second-order valence-electron chi connectivity index (χ2n) is 5.98. The molecule has 2 heterocycles. The van der Waals surface area contributed by atoms with E-state index in [1.54, 1.807) is 12.4 Å². The van der Waals surface area contributed by atoms with Gasteiger partial charge in [0, 0.05) is 41.6 Å². The highest BCUT2D eigenvalue weighted by Crippen LogP contribution is 2.22. The topological polar surface area (TPSA) is 62.7 Å². The molecule has 0 spiro atoms. The number of pyridine rings is 1. The molecule has 0 fully saturated rings. The highest BCUT2D eigenvalue weighted by molar-refractivity contribution is 6.30. The summed E-state index contributed by atoms with van der Waals surface area (Å²) in [5.41, 5.74) is 2.93. The molecule has 1 aromatic carbocycles. The van der Waals surface area contributed by atoms with Gasteiger partial charge in [0.05, 0.1) is 5.69 Å². The second-order valence-corrected chi connectivity index (χ2v) is 6.42. The van der Waals surface area contributed by atoms with Gasteiger partial charge in [-0.2, -0.15) is 4.98 Å². The fraction of sp³-hybridized carbons (Fsp3) is 0.211. The normalized spacial score (nSPS) is 10.7. The Kier molecular flexibility index (Phi) is 5.46. The monoisotopic (exact) mass is 353 g/mol. The highest BCUT2D eigenvalue weighted by Gasteiger charge is 2.08. The molecule has 128 valence electrons. The zero-order valence-corrected chi connectivity index (χ0v) is 15.0. The van der Waals surface area contributed by atoms with Gasteiger partial charge in [0.1, 0.15) is 5.82 Å². The summed E-state index contributed by atoms with van der Waals surface area (Å²) in [7, 11) is 0. The Morgan fingerprint density at radius 2 is 1.84 bits per heavy atom. The number of nitrogens with one attached hydrogen (secondary N) is 2. The molecule has 3 rings (SSSR count). The van der Waals surface area contributed by atoms with Gasteiger partial charge < -0.3 is 10.6 Å². The third-order valence-corrected chi connectivity index (χ3v) is 3.72. The molecule has 0 atom stereocenters. The molecule has 6 heteroatoms. The van der Waals surface area contributed by atoms with Gasteiger partial charge in [-0.3, -0.25) is 4.98 Å². The molecule has 2 N–H and O–H groups in total. The number of nitrogens with zero attached hydrogens (tertiary/aromatic N) is 3. The number of aromatic nitrogens is 3. The molecule has 25 heavy (non-hydrogen) atoms. The van der Waals surface area contributed by atoms with E-state index in [1.165, 1.54) is 0 Å². The van der Waals surface area contributed by atoms with Crippen molar-refractivity contribution in [3.63, 3.8) is 0 Å². The lowest BCUT2D eigenvalue weighted by molar-refractivity contribution is 0.874. The lowest BCUT2D eigenvalue weighted by Gasteiger charge is -2.13. The summed E-state index contributed by atoms with van der Waals surface area (Å²) in [6.07, 6.45) is 3.51. The van der Waals surface area contributed by atoms with Crippen LogP contribution in [-0.4, -0.2) is 21.0 Å². The first-order valence-electron chi connectivity index (χ1n) is 8.14. The molecule has 0 bridgehead atoms. The van der Waals surface area contributed by atoms with Crippen LogP contribution in [0, 0.1) is 0 Å². The molecule has 5 nitrogen and oxygen atoms in total. The van der Waals surface area contributed by atoms with E-state index in [2.05, 4.69) is 39.4 Å². The van der Waals surface area contributed by atoms with E-state index in [1.807, 2.05) is 42.5 Å². The fourth-order valence-electron chi connectivity index (χ4n) is 2.37. The van der Waals surface area contributed by atoms with Crippen LogP contribution in [0.5, 0.6) is 0 Å². The van der Waals surface area contributed by atoms with Crippen molar-refractivity contribution in [2.75, 3.05) is 10.6 Å². The van der Waals surface area contributed by atoms with Gasteiger partial charge in [-0.15, -0.1) is 0 Å². The van der Waals surface area contributed by atoms with E-state index in [4.69, 9.17) is 11.6 Å². The number of anilines is 2. The largest absolute Gasteiger partial charge is 0.366 e. The summed E-state index contributed by atoms with van der Waals surface area (Å²) in [5, 5.41) is 7.33. The van der Waals surface area contributed by atoms with Crippen molar-refractivity contribution in [2.45, 2.75) is 26.4 Å². The quantitative estimate of drug-likeness (QED) is 0.676. The van der Waals surface area contributed by atoms with Gasteiger partial charge in [-0.1, -0.05) is 23.7 Å². The van der Waals surface area contributed by atoms with Crippen LogP contribution < -0.4 is 10.6 Å². The standard InChI is InChI=1S/C19H20ClN5/c1-13(2)23-19-24-17(15-6-8-21-9-7-15)11-18(25-19)22-12-14-4-3-5-16(20)10-14/h3-11,13H,12H2,1-2H3,(H2,22,23,24,25). The molecular formula is C19H20ClN5. The van der Waals surface area contributed by atoms with Crippen LogP contribution in [0.4, 0.5) is 11.8 Å². The minimum absolute atomic E-state index is 0.244. The Hall–Kier alpha value is -2.66. The van der Waals surface area contributed by atoms with Crippen LogP contribution in [0.3, 0.4) is 0 Å². The van der Waals surface area contributed by atoms with E-state index in [0.29, 0.717) is 12.5 Å². The van der Waals surface area contributed by atoms with Crippen molar-refractivity contribution in [1.82, 2.24) is 15.0 Å². The Labute approximate surface area is 152 Å². The molecular weight excluding hydrogens is 334 g/mol. The summed E-state index contributed by atoms with van der Waals surface area (Å²) in [6, 6.07) is 13.8. The van der Waals surface area contributed by atoms with E-state index in [9.17, 15) is 0 Å². The molecule has 0 amide bonds. The number of benzene rings is 1. The first kappa shape index (κ1) is 17.2. The average molecular weight is 354 g/mol. The first-order valence-corrected chi connectivity index (χ1v) is 8.52. The zero-order valence-electron chi connectivity index (χ0n) is 14.2. The maximum absolute atomic E-state index is 6.05. The van der Waals surface area contributed by atoms with Crippen LogP contribution in [0.1, 0.15) is 19.4 Å². The SMILES string of the molecule is CC(C)Nc1nc(NCc2cccc(Cl)c2)cc(-c2ccncc2)n1. The van der Waals surface area contributed by atoms with Gasteiger partial charge in [-0.25, -0.2) is 4.98 Å². The summed E-state index contributed by atoms with van der Waals surface area (Å²) in [6.45, 7) is 4.75. The summed E-state index contributed by atoms with van der Waals surface area (Å²) < 4.78 is 0. The number of halogens is 1. The van der Waals surface area contributed by atoms with Gasteiger partial charge in [0.2, 0.25) is 5.95 Å². The summed E-state index contributed by atoms with van der Waals surface area (Å²) in [4.78, 5) is 13.2. The zero-order chi connectivity index (χ0) is 17.6. The Morgan fingerprint density at radius 1 is 1.04 bits per heavy atom. The van der Waals surface area contributed by atoms with E-state index < -0.39 is 0 Å². The van der Waals surface area contributed by atoms with Crippen molar-refractivity contribution in [2.24, 2.45) is 0 Å². The minimum Gasteiger partial charge on any atom is -0.366 e. The predicted molar refractivity (Wildman–Crippen MR) is 103 cm³/mol. The number of hydrogen-bond acceptors (Lipinski definition) is 5. The van der Waals surface area contributed by atoms with Crippen LogP contribution >= 0.6 is 11.6 Å². The Balaban J connectivity index is 1.86. The maximum atomic E-state index is 6.05. The highest BCUT2D eigenvalue weighted by atomic mass is 35.5. The van der Waals surface area contributed by atoms with E-state index in [-0.39, 0.29) is 6.04 Å². The van der Waals surface area contributed by atoms with Crippen molar-refractivity contribution in [1.29, 1.82) is 0 Å². The van der Waals surface area contributed by atoms with Crippen molar-refractivity contribution in [3.8, 4) is 11.3 Å². The van der Waals surface area contributed by atoms with Crippen molar-refractivity contribution >= 4 is 23.4 Å². The minimum atomic E-state index is 0.244. The van der Waals surface area contributed by atoms with Crippen molar-refractivity contribution < 1.29 is 0 Å². The van der Waals surface area contributed by atoms with Gasteiger partial charge >= 0.3 is 0 Å². The van der Waals surface area contributed by atoms with Crippen LogP contribution in [-0.2, 0) is 6.54 Å². The molecule has 0 saturated carbocycles. The fourth-order valence-corrected chi connectivity index (χ4v) is 2.58. The average Bonchev–Trinajstić information content (AvgIpc) is 2.60. The smallest absolute Gasteiger partial charge is 0.225 e. The molecule has 3 aromatic rings. The van der Waals surface area contributed by atoms with Crippen LogP contribution in [0.25, 0.3) is 11.3 Å². The lowest BCUT2D eigenvalue weighted by atomic mass is 10.2. The molecule has 0 radical (unpaired) electrons. The van der Waals surface area contributed by atoms with Crippen LogP contribution in [0.15, 0.2) is 54.9 Å².